The minimum Gasteiger partial charge on any atom is -0.0916 e. The molecule has 1 atom stereocenters. The van der Waals surface area contributed by atoms with Crippen LogP contribution in [0.3, 0.4) is 0 Å². The van der Waals surface area contributed by atoms with E-state index in [1.807, 2.05) is 0 Å². The molecule has 0 saturated carbocycles. The van der Waals surface area contributed by atoms with Crippen LogP contribution in [-0.2, 0) is 6.42 Å². The highest BCUT2D eigenvalue weighted by Gasteiger charge is 2.11. The molecule has 0 saturated heterocycles. The van der Waals surface area contributed by atoms with Crippen molar-refractivity contribution in [2.24, 2.45) is 5.92 Å². The van der Waals surface area contributed by atoms with Gasteiger partial charge in [0.2, 0.25) is 0 Å². The van der Waals surface area contributed by atoms with Gasteiger partial charge in [0.1, 0.15) is 0 Å². The SMILES string of the molecule is C=c1ccc2c(-c3ccc(-c4cccc(-c5cccc(-c6ccc(C/C=C\C(C)C/C=C\C)cc6)c5)c4)cc3)ccc3ccc(C)c1c32. The van der Waals surface area contributed by atoms with Gasteiger partial charge in [0, 0.05) is 0 Å². The Bertz CT molecular complexity index is 2310. The lowest BCUT2D eigenvalue weighted by Crippen LogP contribution is -2.01. The second-order valence-corrected chi connectivity index (χ2v) is 13.1. The van der Waals surface area contributed by atoms with Gasteiger partial charge in [0.15, 0.2) is 0 Å². The highest BCUT2D eigenvalue weighted by Crippen LogP contribution is 2.36. The molecule has 0 spiro atoms. The Hall–Kier alpha value is -5.46. The molecule has 0 fully saturated rings. The predicted molar refractivity (Wildman–Crippen MR) is 210 cm³/mol. The summed E-state index contributed by atoms with van der Waals surface area (Å²) in [6, 6.07) is 49.2. The molecule has 0 radical (unpaired) electrons. The maximum atomic E-state index is 4.33. The van der Waals surface area contributed by atoms with Crippen LogP contribution in [0, 0.1) is 12.8 Å². The van der Waals surface area contributed by atoms with Crippen LogP contribution in [0.5, 0.6) is 0 Å². The molecule has 0 heterocycles. The molecular weight excluding hydrogens is 577 g/mol. The number of hydrogen-bond donors (Lipinski definition) is 0. The van der Waals surface area contributed by atoms with E-state index in [1.165, 1.54) is 77.2 Å². The Kier molecular flexibility index (Phi) is 8.91. The van der Waals surface area contributed by atoms with Gasteiger partial charge in [-0.3, -0.25) is 0 Å². The first-order valence-corrected chi connectivity index (χ1v) is 17.1. The van der Waals surface area contributed by atoms with Crippen molar-refractivity contribution in [1.82, 2.24) is 0 Å². The van der Waals surface area contributed by atoms with Crippen molar-refractivity contribution in [3.05, 3.63) is 174 Å². The van der Waals surface area contributed by atoms with Crippen molar-refractivity contribution in [3.8, 4) is 44.5 Å². The first-order valence-electron chi connectivity index (χ1n) is 17.1. The summed E-state index contributed by atoms with van der Waals surface area (Å²) in [5.41, 5.74) is 12.5. The average Bonchev–Trinajstić information content (AvgIpc) is 3.13. The monoisotopic (exact) mass is 618 g/mol. The van der Waals surface area contributed by atoms with Gasteiger partial charge in [-0.2, -0.15) is 0 Å². The van der Waals surface area contributed by atoms with E-state index in [4.69, 9.17) is 0 Å². The maximum Gasteiger partial charge on any atom is -0.00241 e. The Balaban J connectivity index is 1.11. The van der Waals surface area contributed by atoms with Crippen LogP contribution >= 0.6 is 0 Å². The Morgan fingerprint density at radius 3 is 1.81 bits per heavy atom. The van der Waals surface area contributed by atoms with E-state index < -0.39 is 0 Å². The van der Waals surface area contributed by atoms with Gasteiger partial charge in [-0.1, -0.05) is 159 Å². The van der Waals surface area contributed by atoms with Gasteiger partial charge < -0.3 is 0 Å². The summed E-state index contributed by atoms with van der Waals surface area (Å²) in [6.45, 7) is 10.9. The van der Waals surface area contributed by atoms with Crippen LogP contribution < -0.4 is 5.22 Å². The molecule has 7 rings (SSSR count). The summed E-state index contributed by atoms with van der Waals surface area (Å²) in [4.78, 5) is 0. The lowest BCUT2D eigenvalue weighted by molar-refractivity contribution is 0.741. The van der Waals surface area contributed by atoms with Gasteiger partial charge >= 0.3 is 0 Å². The standard InChI is InChI=1S/C48H42/c1-5-6-10-33(2)11-7-12-36-19-22-37(23-20-36)41-13-8-15-43(31-41)44-16-9-14-42(32-44)38-24-26-39(27-25-38)45-30-28-40-21-17-34(3)47-35(4)18-29-46(45)48(40)47/h5-9,11,13-33H,4,10,12H2,1-3H3/b6-5-,11-7-. The third-order valence-electron chi connectivity index (χ3n) is 9.64. The van der Waals surface area contributed by atoms with Crippen molar-refractivity contribution in [2.75, 3.05) is 0 Å². The summed E-state index contributed by atoms with van der Waals surface area (Å²) in [5.74, 6) is 0.570. The molecule has 234 valence electrons. The van der Waals surface area contributed by atoms with Crippen molar-refractivity contribution in [2.45, 2.75) is 33.6 Å². The molecule has 0 aliphatic carbocycles. The first-order chi connectivity index (χ1) is 23.5. The quantitative estimate of drug-likeness (QED) is 0.141. The van der Waals surface area contributed by atoms with Crippen molar-refractivity contribution < 1.29 is 0 Å². The highest BCUT2D eigenvalue weighted by molar-refractivity contribution is 6.16. The average molecular weight is 619 g/mol. The zero-order valence-electron chi connectivity index (χ0n) is 28.2. The molecule has 0 nitrogen and oxygen atoms in total. The molecule has 0 N–H and O–H groups in total. The molecule has 0 aliphatic rings. The number of aryl methyl sites for hydroxylation is 1. The fraction of sp³-hybridized carbons (Fsp3) is 0.125. The second kappa shape index (κ2) is 13.7. The van der Waals surface area contributed by atoms with Crippen LogP contribution in [0.15, 0.2) is 158 Å². The lowest BCUT2D eigenvalue weighted by atomic mass is 9.90. The first kappa shape index (κ1) is 31.2. The maximum absolute atomic E-state index is 4.33. The van der Waals surface area contributed by atoms with Crippen molar-refractivity contribution in [3.63, 3.8) is 0 Å². The molecule has 48 heavy (non-hydrogen) atoms. The van der Waals surface area contributed by atoms with E-state index in [0.717, 1.165) is 18.1 Å². The molecule has 7 aromatic carbocycles. The van der Waals surface area contributed by atoms with Gasteiger partial charge in [-0.05, 0) is 127 Å². The zero-order valence-corrected chi connectivity index (χ0v) is 28.2. The third kappa shape index (κ3) is 6.40. The molecular formula is C48H42. The van der Waals surface area contributed by atoms with Gasteiger partial charge in [-0.15, -0.1) is 0 Å². The van der Waals surface area contributed by atoms with Gasteiger partial charge in [-0.25, -0.2) is 0 Å². The molecule has 1 unspecified atom stereocenters. The van der Waals surface area contributed by atoms with E-state index in [-0.39, 0.29) is 0 Å². The Morgan fingerprint density at radius 1 is 0.583 bits per heavy atom. The van der Waals surface area contributed by atoms with Crippen LogP contribution in [0.2, 0.25) is 0 Å². The summed E-state index contributed by atoms with van der Waals surface area (Å²) < 4.78 is 0. The largest absolute Gasteiger partial charge is 0.0916 e. The van der Waals surface area contributed by atoms with Gasteiger partial charge in [0.05, 0.1) is 0 Å². The number of rotatable bonds is 9. The molecule has 7 aromatic rings. The predicted octanol–water partition coefficient (Wildman–Crippen LogP) is 12.8. The lowest BCUT2D eigenvalue weighted by Gasteiger charge is -2.14. The normalized spacial score (nSPS) is 12.5. The summed E-state index contributed by atoms with van der Waals surface area (Å²) in [7, 11) is 0. The molecule has 0 amide bonds. The smallest absolute Gasteiger partial charge is 0.00241 e. The van der Waals surface area contributed by atoms with E-state index in [2.05, 4.69) is 185 Å². The zero-order chi connectivity index (χ0) is 33.0. The Labute approximate surface area is 285 Å². The fourth-order valence-electron chi connectivity index (χ4n) is 6.95. The van der Waals surface area contributed by atoms with Crippen LogP contribution in [-0.4, -0.2) is 0 Å². The second-order valence-electron chi connectivity index (χ2n) is 13.1. The molecule has 0 aromatic heterocycles. The fourth-order valence-corrected chi connectivity index (χ4v) is 6.95. The van der Waals surface area contributed by atoms with Crippen molar-refractivity contribution >= 4 is 28.1 Å². The molecule has 0 heteroatoms. The molecule has 0 aliphatic heterocycles. The van der Waals surface area contributed by atoms with Gasteiger partial charge in [0.25, 0.3) is 0 Å². The third-order valence-corrected chi connectivity index (χ3v) is 9.64. The van der Waals surface area contributed by atoms with E-state index in [0.29, 0.717) is 5.92 Å². The summed E-state index contributed by atoms with van der Waals surface area (Å²) >= 11 is 0. The topological polar surface area (TPSA) is 0 Å². The number of hydrogen-bond acceptors (Lipinski definition) is 0. The summed E-state index contributed by atoms with van der Waals surface area (Å²) in [6.07, 6.45) is 11.0. The van der Waals surface area contributed by atoms with Crippen LogP contribution in [0.25, 0.3) is 72.6 Å². The molecule has 0 bridgehead atoms. The van der Waals surface area contributed by atoms with Crippen molar-refractivity contribution in [1.29, 1.82) is 0 Å². The van der Waals surface area contributed by atoms with E-state index in [1.54, 1.807) is 0 Å². The Morgan fingerprint density at radius 2 is 1.17 bits per heavy atom. The van der Waals surface area contributed by atoms with Crippen LogP contribution in [0.4, 0.5) is 0 Å². The van der Waals surface area contributed by atoms with E-state index in [9.17, 15) is 0 Å². The minimum atomic E-state index is 0.570. The minimum absolute atomic E-state index is 0.570. The van der Waals surface area contributed by atoms with E-state index >= 15 is 0 Å². The van der Waals surface area contributed by atoms with Crippen LogP contribution in [0.1, 0.15) is 31.4 Å². The number of benzene rings is 7. The summed E-state index contributed by atoms with van der Waals surface area (Å²) in [5, 5.41) is 6.22. The highest BCUT2D eigenvalue weighted by atomic mass is 14.2. The number of allylic oxidation sites excluding steroid dienone is 4.